The number of unbranched alkanes of at least 4 members (excludes halogenated alkanes) is 9. The largest absolute Gasteiger partial charge is 0.458 e. The number of ether oxygens (including phenoxy) is 1. The zero-order chi connectivity index (χ0) is 22.4. The van der Waals surface area contributed by atoms with Crippen LogP contribution in [0, 0.1) is 0 Å². The average Bonchev–Trinajstić information content (AvgIpc) is 2.77. The lowest BCUT2D eigenvalue weighted by molar-refractivity contribution is -0.0527. The molecule has 0 saturated heterocycles. The van der Waals surface area contributed by atoms with Gasteiger partial charge >= 0.3 is 0 Å². The molecule has 1 aromatic carbocycles. The molecule has 1 atom stereocenters. The van der Waals surface area contributed by atoms with Gasteiger partial charge in [0, 0.05) is 31.3 Å². The van der Waals surface area contributed by atoms with E-state index in [2.05, 4.69) is 16.9 Å². The van der Waals surface area contributed by atoms with Crippen molar-refractivity contribution >= 4 is 0 Å². The number of alkyl halides is 1. The van der Waals surface area contributed by atoms with E-state index in [4.69, 9.17) is 4.74 Å². The molecular formula is C27H41FN2O. The van der Waals surface area contributed by atoms with E-state index >= 15 is 0 Å². The zero-order valence-electron chi connectivity index (χ0n) is 19.8. The van der Waals surface area contributed by atoms with Crippen LogP contribution in [0.4, 0.5) is 4.39 Å². The molecule has 2 rings (SSSR count). The van der Waals surface area contributed by atoms with Crippen molar-refractivity contribution in [1.82, 2.24) is 9.97 Å². The van der Waals surface area contributed by atoms with E-state index in [-0.39, 0.29) is 0 Å². The molecule has 0 aliphatic carbocycles. The summed E-state index contributed by atoms with van der Waals surface area (Å²) in [7, 11) is 0. The van der Waals surface area contributed by atoms with E-state index < -0.39 is 5.85 Å². The van der Waals surface area contributed by atoms with E-state index in [1.54, 1.807) is 12.1 Å². The Bertz CT molecular complexity index is 713. The third-order valence-electron chi connectivity index (χ3n) is 5.69. The van der Waals surface area contributed by atoms with Gasteiger partial charge in [0.1, 0.15) is 5.75 Å². The zero-order valence-corrected chi connectivity index (χ0v) is 19.8. The average molecular weight is 429 g/mol. The molecule has 0 amide bonds. The van der Waals surface area contributed by atoms with Crippen molar-refractivity contribution in [3.05, 3.63) is 42.2 Å². The molecule has 0 aliphatic rings. The van der Waals surface area contributed by atoms with Crippen LogP contribution < -0.4 is 4.74 Å². The molecule has 4 heteroatoms. The molecule has 0 N–H and O–H groups in total. The van der Waals surface area contributed by atoms with Crippen LogP contribution in [-0.4, -0.2) is 15.8 Å². The fourth-order valence-corrected chi connectivity index (χ4v) is 3.73. The second kappa shape index (κ2) is 14.2. The van der Waals surface area contributed by atoms with Crippen LogP contribution in [0.5, 0.6) is 5.75 Å². The summed E-state index contributed by atoms with van der Waals surface area (Å²) >= 11 is 0. The Morgan fingerprint density at radius 1 is 0.774 bits per heavy atom. The first-order valence-corrected chi connectivity index (χ1v) is 12.3. The van der Waals surface area contributed by atoms with Crippen LogP contribution in [0.2, 0.25) is 0 Å². The van der Waals surface area contributed by atoms with Crippen molar-refractivity contribution in [3.8, 4) is 17.1 Å². The van der Waals surface area contributed by atoms with Crippen LogP contribution in [0.15, 0.2) is 36.7 Å². The van der Waals surface area contributed by atoms with Gasteiger partial charge in [-0.25, -0.2) is 9.97 Å². The molecule has 1 aromatic heterocycles. The summed E-state index contributed by atoms with van der Waals surface area (Å²) in [6.45, 7) is 5.80. The lowest BCUT2D eigenvalue weighted by Crippen LogP contribution is -2.26. The maximum Gasteiger partial charge on any atom is 0.245 e. The minimum absolute atomic E-state index is 0.398. The van der Waals surface area contributed by atoms with Gasteiger partial charge in [0.25, 0.3) is 0 Å². The van der Waals surface area contributed by atoms with Crippen molar-refractivity contribution in [2.24, 2.45) is 0 Å². The van der Waals surface area contributed by atoms with E-state index in [9.17, 15) is 4.39 Å². The van der Waals surface area contributed by atoms with Gasteiger partial charge in [-0.1, -0.05) is 71.6 Å². The Morgan fingerprint density at radius 3 is 1.90 bits per heavy atom. The van der Waals surface area contributed by atoms with Crippen LogP contribution in [0.25, 0.3) is 11.4 Å². The molecule has 0 aliphatic heterocycles. The Labute approximate surface area is 188 Å². The maximum atomic E-state index is 14.4. The Morgan fingerprint density at radius 2 is 1.32 bits per heavy atom. The van der Waals surface area contributed by atoms with Gasteiger partial charge in [0.05, 0.1) is 0 Å². The summed E-state index contributed by atoms with van der Waals surface area (Å²) in [6, 6.07) is 7.36. The van der Waals surface area contributed by atoms with Gasteiger partial charge in [-0.3, -0.25) is 0 Å². The molecule has 1 unspecified atom stereocenters. The van der Waals surface area contributed by atoms with Crippen LogP contribution in [0.3, 0.4) is 0 Å². The highest BCUT2D eigenvalue weighted by molar-refractivity contribution is 5.55. The summed E-state index contributed by atoms with van der Waals surface area (Å²) < 4.78 is 19.9. The quantitative estimate of drug-likeness (QED) is 0.251. The predicted octanol–water partition coefficient (Wildman–Crippen LogP) is 8.47. The molecular weight excluding hydrogens is 387 g/mol. The minimum atomic E-state index is -1.63. The number of halogens is 1. The van der Waals surface area contributed by atoms with Gasteiger partial charge in [-0.2, -0.15) is 4.39 Å². The highest BCUT2D eigenvalue weighted by Crippen LogP contribution is 2.26. The van der Waals surface area contributed by atoms with Gasteiger partial charge in [-0.05, 0) is 49.1 Å². The lowest BCUT2D eigenvalue weighted by atomic mass is 10.1. The third kappa shape index (κ3) is 10.3. The second-order valence-electron chi connectivity index (χ2n) is 8.83. The molecule has 0 bridgehead atoms. The highest BCUT2D eigenvalue weighted by atomic mass is 19.2. The smallest absolute Gasteiger partial charge is 0.245 e. The van der Waals surface area contributed by atoms with Crippen molar-refractivity contribution in [2.45, 2.75) is 110 Å². The molecule has 2 aromatic rings. The monoisotopic (exact) mass is 428 g/mol. The Balaban J connectivity index is 1.72. The van der Waals surface area contributed by atoms with Gasteiger partial charge in [-0.15, -0.1) is 0 Å². The summed E-state index contributed by atoms with van der Waals surface area (Å²) in [5, 5.41) is 0. The topological polar surface area (TPSA) is 35.0 Å². The van der Waals surface area contributed by atoms with Gasteiger partial charge in [0.2, 0.25) is 5.85 Å². The predicted molar refractivity (Wildman–Crippen MR) is 128 cm³/mol. The maximum absolute atomic E-state index is 14.4. The van der Waals surface area contributed by atoms with Crippen LogP contribution in [0.1, 0.15) is 103 Å². The summed E-state index contributed by atoms with van der Waals surface area (Å²) in [5.74, 6) is -0.409. The SMILES string of the molecule is CCCCCCCCCCCc1cnc(-c2ccc(OC(C)(F)CCCC)cc2)nc1. The first-order chi connectivity index (χ1) is 15.0. The van der Waals surface area contributed by atoms with E-state index in [0.29, 0.717) is 18.0 Å². The lowest BCUT2D eigenvalue weighted by Gasteiger charge is -2.22. The molecule has 1 heterocycles. The number of hydrogen-bond donors (Lipinski definition) is 0. The number of benzene rings is 1. The van der Waals surface area contributed by atoms with Crippen molar-refractivity contribution in [1.29, 1.82) is 0 Å². The number of rotatable bonds is 16. The normalized spacial score (nSPS) is 13.2. The van der Waals surface area contributed by atoms with E-state index in [0.717, 1.165) is 24.8 Å². The first-order valence-electron chi connectivity index (χ1n) is 12.3. The third-order valence-corrected chi connectivity index (χ3v) is 5.69. The second-order valence-corrected chi connectivity index (χ2v) is 8.83. The molecule has 31 heavy (non-hydrogen) atoms. The molecule has 0 radical (unpaired) electrons. The number of aryl methyl sites for hydroxylation is 1. The van der Waals surface area contributed by atoms with Crippen LogP contribution in [-0.2, 0) is 6.42 Å². The van der Waals surface area contributed by atoms with Crippen molar-refractivity contribution < 1.29 is 9.13 Å². The molecule has 0 saturated carbocycles. The summed E-state index contributed by atoms with van der Waals surface area (Å²) in [4.78, 5) is 9.05. The number of aromatic nitrogens is 2. The molecule has 172 valence electrons. The fourth-order valence-electron chi connectivity index (χ4n) is 3.73. The van der Waals surface area contributed by atoms with Gasteiger partial charge in [0.15, 0.2) is 5.82 Å². The van der Waals surface area contributed by atoms with E-state index in [1.165, 1.54) is 70.3 Å². The van der Waals surface area contributed by atoms with E-state index in [1.807, 2.05) is 31.5 Å². The molecule has 0 fully saturated rings. The highest BCUT2D eigenvalue weighted by Gasteiger charge is 2.24. The molecule has 0 spiro atoms. The standard InChI is InChI=1S/C27H41FN2O/c1-4-6-8-9-10-11-12-13-14-15-23-21-29-26(30-22-23)24-16-18-25(19-17-24)31-27(3,28)20-7-5-2/h16-19,21-22H,4-15,20H2,1-3H3. The summed E-state index contributed by atoms with van der Waals surface area (Å²) in [5.41, 5.74) is 2.10. The minimum Gasteiger partial charge on any atom is -0.458 e. The fraction of sp³-hybridized carbons (Fsp3) is 0.630. The van der Waals surface area contributed by atoms with Crippen molar-refractivity contribution in [2.75, 3.05) is 0 Å². The van der Waals surface area contributed by atoms with Crippen LogP contribution >= 0.6 is 0 Å². The molecule has 3 nitrogen and oxygen atoms in total. The number of hydrogen-bond acceptors (Lipinski definition) is 3. The first kappa shape index (κ1) is 25.3. The number of nitrogens with zero attached hydrogens (tertiary/aromatic N) is 2. The Kier molecular flexibility index (Phi) is 11.6. The van der Waals surface area contributed by atoms with Gasteiger partial charge < -0.3 is 4.74 Å². The summed E-state index contributed by atoms with van der Waals surface area (Å²) in [6.07, 6.45) is 19.1. The Hall–Kier alpha value is -1.97. The van der Waals surface area contributed by atoms with Crippen molar-refractivity contribution in [3.63, 3.8) is 0 Å².